The van der Waals surface area contributed by atoms with Crippen LogP contribution in [0.1, 0.15) is 35.5 Å². The standard InChI is InChI=1S/C27H29ClN4O4S/c1-16(2)10-24-31-32-27(37-24)30-26(33)20(15-29)12-19-13-21(28)25(23(14-19)34-5)36-9-8-35-22-11-17(3)6-7-18(22)4/h6-7,11-14,16H,8-10H2,1-5H3,(H,30,32,33)/b20-12-. The molecule has 0 bridgehead atoms. The van der Waals surface area contributed by atoms with Crippen LogP contribution in [0.15, 0.2) is 35.9 Å². The molecule has 1 N–H and O–H groups in total. The molecule has 37 heavy (non-hydrogen) atoms. The second-order valence-corrected chi connectivity index (χ2v) is 10.2. The Bertz CT molecular complexity index is 1330. The summed E-state index contributed by atoms with van der Waals surface area (Å²) in [4.78, 5) is 12.7. The Labute approximate surface area is 225 Å². The van der Waals surface area contributed by atoms with Crippen LogP contribution in [0, 0.1) is 31.1 Å². The second-order valence-electron chi connectivity index (χ2n) is 8.72. The van der Waals surface area contributed by atoms with Crippen LogP contribution in [0.4, 0.5) is 5.13 Å². The van der Waals surface area contributed by atoms with E-state index in [1.165, 1.54) is 24.5 Å². The fraction of sp³-hybridized carbons (Fsp3) is 0.333. The highest BCUT2D eigenvalue weighted by Gasteiger charge is 2.16. The summed E-state index contributed by atoms with van der Waals surface area (Å²) >= 11 is 7.75. The van der Waals surface area contributed by atoms with E-state index in [1.54, 1.807) is 12.1 Å². The predicted octanol–water partition coefficient (Wildman–Crippen LogP) is 6.02. The van der Waals surface area contributed by atoms with Crippen molar-refractivity contribution < 1.29 is 19.0 Å². The van der Waals surface area contributed by atoms with Crippen LogP contribution in [0.25, 0.3) is 6.08 Å². The highest BCUT2D eigenvalue weighted by Crippen LogP contribution is 2.37. The number of hydrogen-bond acceptors (Lipinski definition) is 8. The zero-order chi connectivity index (χ0) is 26.9. The average molecular weight is 541 g/mol. The van der Waals surface area contributed by atoms with Gasteiger partial charge in [0.1, 0.15) is 35.6 Å². The van der Waals surface area contributed by atoms with E-state index in [4.69, 9.17) is 25.8 Å². The number of methoxy groups -OCH3 is 1. The van der Waals surface area contributed by atoms with E-state index in [0.717, 1.165) is 28.3 Å². The molecule has 194 valence electrons. The van der Waals surface area contributed by atoms with Gasteiger partial charge < -0.3 is 14.2 Å². The van der Waals surface area contributed by atoms with Gasteiger partial charge in [-0.15, -0.1) is 10.2 Å². The normalized spacial score (nSPS) is 11.2. The Hall–Kier alpha value is -3.61. The fourth-order valence-corrected chi connectivity index (χ4v) is 4.56. The van der Waals surface area contributed by atoms with Crippen molar-refractivity contribution in [1.82, 2.24) is 10.2 Å². The first-order valence-corrected chi connectivity index (χ1v) is 12.9. The van der Waals surface area contributed by atoms with Crippen molar-refractivity contribution in [3.05, 3.63) is 62.6 Å². The number of ether oxygens (including phenoxy) is 3. The number of nitriles is 1. The van der Waals surface area contributed by atoms with Gasteiger partial charge in [-0.05, 0) is 60.7 Å². The molecule has 0 aliphatic heterocycles. The summed E-state index contributed by atoms with van der Waals surface area (Å²) in [5.74, 6) is 1.34. The number of carbonyl (C=O) groups is 1. The lowest BCUT2D eigenvalue weighted by molar-refractivity contribution is -0.112. The van der Waals surface area contributed by atoms with E-state index in [9.17, 15) is 10.1 Å². The third-order valence-corrected chi connectivity index (χ3v) is 6.27. The van der Waals surface area contributed by atoms with Crippen molar-refractivity contribution >= 4 is 40.1 Å². The first-order chi connectivity index (χ1) is 17.7. The number of hydrogen-bond donors (Lipinski definition) is 1. The average Bonchev–Trinajstić information content (AvgIpc) is 3.28. The molecule has 0 fully saturated rings. The molecule has 0 radical (unpaired) electrons. The minimum absolute atomic E-state index is 0.116. The second kappa shape index (κ2) is 13.1. The lowest BCUT2D eigenvalue weighted by Gasteiger charge is -2.15. The van der Waals surface area contributed by atoms with Crippen molar-refractivity contribution in [3.8, 4) is 23.3 Å². The Morgan fingerprint density at radius 3 is 2.62 bits per heavy atom. The third-order valence-electron chi connectivity index (χ3n) is 5.13. The zero-order valence-electron chi connectivity index (χ0n) is 21.4. The van der Waals surface area contributed by atoms with Crippen molar-refractivity contribution in [3.63, 3.8) is 0 Å². The molecule has 0 unspecified atom stereocenters. The Morgan fingerprint density at radius 2 is 1.92 bits per heavy atom. The van der Waals surface area contributed by atoms with E-state index in [-0.39, 0.29) is 17.2 Å². The number of amides is 1. The largest absolute Gasteiger partial charge is 0.493 e. The van der Waals surface area contributed by atoms with Gasteiger partial charge in [-0.25, -0.2) is 0 Å². The summed E-state index contributed by atoms with van der Waals surface area (Å²) in [6, 6.07) is 11.2. The summed E-state index contributed by atoms with van der Waals surface area (Å²) in [7, 11) is 1.49. The molecule has 3 aromatic rings. The number of halogens is 1. The van der Waals surface area contributed by atoms with Gasteiger partial charge >= 0.3 is 0 Å². The minimum atomic E-state index is -0.589. The fourth-order valence-electron chi connectivity index (χ4n) is 3.34. The number of rotatable bonds is 11. The maximum Gasteiger partial charge on any atom is 0.268 e. The Morgan fingerprint density at radius 1 is 1.16 bits per heavy atom. The maximum atomic E-state index is 12.7. The first kappa shape index (κ1) is 28.0. The highest BCUT2D eigenvalue weighted by molar-refractivity contribution is 7.15. The number of aromatic nitrogens is 2. The van der Waals surface area contributed by atoms with E-state index in [1.807, 2.05) is 38.1 Å². The monoisotopic (exact) mass is 540 g/mol. The van der Waals surface area contributed by atoms with Crippen LogP contribution in [0.2, 0.25) is 5.02 Å². The van der Waals surface area contributed by atoms with Gasteiger partial charge in [-0.1, -0.05) is 48.9 Å². The molecule has 0 saturated carbocycles. The van der Waals surface area contributed by atoms with Crippen LogP contribution >= 0.6 is 22.9 Å². The number of nitrogens with one attached hydrogen (secondary N) is 1. The van der Waals surface area contributed by atoms with Crippen LogP contribution in [-0.2, 0) is 11.2 Å². The molecule has 2 aromatic carbocycles. The number of anilines is 1. The molecule has 8 nitrogen and oxygen atoms in total. The SMILES string of the molecule is COc1cc(/C=C(/C#N)C(=O)Nc2nnc(CC(C)C)s2)cc(Cl)c1OCCOc1cc(C)ccc1C. The van der Waals surface area contributed by atoms with Crippen molar-refractivity contribution in [2.45, 2.75) is 34.1 Å². The first-order valence-electron chi connectivity index (χ1n) is 11.7. The molecule has 0 atom stereocenters. The minimum Gasteiger partial charge on any atom is -0.493 e. The molecule has 1 heterocycles. The number of carbonyl (C=O) groups excluding carboxylic acids is 1. The van der Waals surface area contributed by atoms with Crippen LogP contribution < -0.4 is 19.5 Å². The highest BCUT2D eigenvalue weighted by atomic mass is 35.5. The summed E-state index contributed by atoms with van der Waals surface area (Å²) < 4.78 is 17.1. The van der Waals surface area contributed by atoms with E-state index < -0.39 is 5.91 Å². The Kier molecular flexibility index (Phi) is 9.89. The number of nitrogens with zero attached hydrogens (tertiary/aromatic N) is 3. The summed E-state index contributed by atoms with van der Waals surface area (Å²) in [6.07, 6.45) is 2.19. The van der Waals surface area contributed by atoms with E-state index >= 15 is 0 Å². The number of aryl methyl sites for hydroxylation is 2. The molecule has 10 heteroatoms. The topological polar surface area (TPSA) is 106 Å². The third kappa shape index (κ3) is 7.94. The molecular weight excluding hydrogens is 512 g/mol. The molecule has 0 aliphatic rings. The van der Waals surface area contributed by atoms with Crippen molar-refractivity contribution in [2.24, 2.45) is 5.92 Å². The molecular formula is C27H29ClN4O4S. The van der Waals surface area contributed by atoms with E-state index in [0.29, 0.717) is 34.7 Å². The number of benzene rings is 2. The van der Waals surface area contributed by atoms with E-state index in [2.05, 4.69) is 29.4 Å². The molecule has 0 aliphatic carbocycles. The van der Waals surface area contributed by atoms with Gasteiger partial charge in [0.05, 0.1) is 12.1 Å². The van der Waals surface area contributed by atoms with Gasteiger partial charge in [-0.2, -0.15) is 5.26 Å². The maximum absolute atomic E-state index is 12.7. The van der Waals surface area contributed by atoms with Crippen molar-refractivity contribution in [1.29, 1.82) is 5.26 Å². The van der Waals surface area contributed by atoms with Crippen molar-refractivity contribution in [2.75, 3.05) is 25.6 Å². The summed E-state index contributed by atoms with van der Waals surface area (Å²) in [5, 5.41) is 21.7. The lowest BCUT2D eigenvalue weighted by atomic mass is 10.1. The van der Waals surface area contributed by atoms with Crippen LogP contribution in [-0.4, -0.2) is 36.4 Å². The Balaban J connectivity index is 1.68. The quantitative estimate of drug-likeness (QED) is 0.180. The lowest BCUT2D eigenvalue weighted by Crippen LogP contribution is -2.13. The van der Waals surface area contributed by atoms with Crippen LogP contribution in [0.3, 0.4) is 0 Å². The van der Waals surface area contributed by atoms with Gasteiger partial charge in [-0.3, -0.25) is 10.1 Å². The molecule has 1 aromatic heterocycles. The molecule has 1 amide bonds. The van der Waals surface area contributed by atoms with Crippen LogP contribution in [0.5, 0.6) is 17.2 Å². The van der Waals surface area contributed by atoms with Gasteiger partial charge in [0.15, 0.2) is 11.5 Å². The summed E-state index contributed by atoms with van der Waals surface area (Å²) in [6.45, 7) is 8.69. The smallest absolute Gasteiger partial charge is 0.268 e. The van der Waals surface area contributed by atoms with Gasteiger partial charge in [0, 0.05) is 6.42 Å². The van der Waals surface area contributed by atoms with Gasteiger partial charge in [0.2, 0.25) is 5.13 Å². The van der Waals surface area contributed by atoms with Gasteiger partial charge in [0.25, 0.3) is 5.91 Å². The molecule has 0 saturated heterocycles. The summed E-state index contributed by atoms with van der Waals surface area (Å²) in [5.41, 5.74) is 2.54. The predicted molar refractivity (Wildman–Crippen MR) is 146 cm³/mol. The molecule has 0 spiro atoms. The zero-order valence-corrected chi connectivity index (χ0v) is 23.0. The molecule has 3 rings (SSSR count).